The van der Waals surface area contributed by atoms with Crippen molar-refractivity contribution in [3.8, 4) is 0 Å². The monoisotopic (exact) mass is 382 g/mol. The molecule has 0 aromatic heterocycles. The summed E-state index contributed by atoms with van der Waals surface area (Å²) in [5, 5.41) is 10.7. The van der Waals surface area contributed by atoms with Crippen molar-refractivity contribution in [2.24, 2.45) is 0 Å². The molecule has 118 valence electrons. The summed E-state index contributed by atoms with van der Waals surface area (Å²) in [5.41, 5.74) is -0.905. The minimum Gasteiger partial charge on any atom is -0.744 e. The van der Waals surface area contributed by atoms with Gasteiger partial charge in [-0.05, 0) is 18.6 Å². The van der Waals surface area contributed by atoms with E-state index in [4.69, 9.17) is 0 Å². The molecule has 0 heterocycles. The van der Waals surface area contributed by atoms with Crippen LogP contribution in [0.25, 0.3) is 0 Å². The summed E-state index contributed by atoms with van der Waals surface area (Å²) >= 11 is 0. The number of unbranched alkanes of at least 4 members (excludes halogenated alkanes) is 1. The summed E-state index contributed by atoms with van der Waals surface area (Å²) in [4.78, 5) is 8.95. The smallest absolute Gasteiger partial charge is 0.744 e. The topological polar surface area (TPSA) is 141 Å². The van der Waals surface area contributed by atoms with Crippen molar-refractivity contribution in [2.45, 2.75) is 29.6 Å². The van der Waals surface area contributed by atoms with Gasteiger partial charge in [-0.25, -0.2) is 8.42 Å². The fourth-order valence-electron chi connectivity index (χ4n) is 1.41. The van der Waals surface area contributed by atoms with Crippen LogP contribution in [0.1, 0.15) is 30.1 Å². The van der Waals surface area contributed by atoms with Crippen molar-refractivity contribution in [3.05, 3.63) is 23.8 Å². The van der Waals surface area contributed by atoms with Crippen molar-refractivity contribution in [3.63, 3.8) is 0 Å². The van der Waals surface area contributed by atoms with Crippen LogP contribution in [-0.2, 0) is 24.4 Å². The number of carbonyl (C=O) groups is 1. The van der Waals surface area contributed by atoms with Crippen LogP contribution < -0.4 is 64.2 Å². The van der Waals surface area contributed by atoms with E-state index in [1.54, 1.807) is 0 Å². The third-order valence-corrected chi connectivity index (χ3v) is 4.65. The molecule has 0 saturated heterocycles. The van der Waals surface area contributed by atoms with Crippen LogP contribution in [0.15, 0.2) is 28.0 Å². The van der Waals surface area contributed by atoms with Gasteiger partial charge in [-0.3, -0.25) is 4.18 Å². The average Bonchev–Trinajstić information content (AvgIpc) is 2.37. The van der Waals surface area contributed by atoms with Gasteiger partial charge in [0.2, 0.25) is 0 Å². The Balaban J connectivity index is 0. The second-order valence-corrected chi connectivity index (χ2v) is 6.99. The first-order chi connectivity index (χ1) is 9.59. The fraction of sp³-hybridized carbons (Fsp3) is 0.364. The summed E-state index contributed by atoms with van der Waals surface area (Å²) in [6, 6.07) is 1.96. The Morgan fingerprint density at radius 2 is 1.74 bits per heavy atom. The molecule has 0 bridgehead atoms. The molecule has 0 saturated carbocycles. The minimum absolute atomic E-state index is 0. The third-order valence-electron chi connectivity index (χ3n) is 2.47. The van der Waals surface area contributed by atoms with E-state index in [9.17, 15) is 31.3 Å². The molecule has 0 radical (unpaired) electrons. The molecule has 0 aliphatic carbocycles. The number of benzene rings is 1. The Labute approximate surface area is 179 Å². The maximum atomic E-state index is 11.8. The Morgan fingerprint density at radius 1 is 1.17 bits per heavy atom. The molecule has 12 heteroatoms. The first-order valence-corrected chi connectivity index (χ1v) is 8.62. The van der Waals surface area contributed by atoms with Gasteiger partial charge in [0.05, 0.1) is 22.4 Å². The van der Waals surface area contributed by atoms with Crippen molar-refractivity contribution in [2.75, 3.05) is 6.61 Å². The van der Waals surface area contributed by atoms with Gasteiger partial charge in [0, 0.05) is 5.56 Å². The molecule has 0 unspecified atom stereocenters. The summed E-state index contributed by atoms with van der Waals surface area (Å²) in [6.45, 7) is 1.70. The van der Waals surface area contributed by atoms with Gasteiger partial charge in [0.25, 0.3) is 10.1 Å². The molecule has 23 heavy (non-hydrogen) atoms. The number of carbonyl (C=O) groups excluding carboxylic acids is 1. The zero-order chi connectivity index (χ0) is 16.3. The molecule has 0 atom stereocenters. The van der Waals surface area contributed by atoms with Crippen LogP contribution >= 0.6 is 0 Å². The van der Waals surface area contributed by atoms with Crippen molar-refractivity contribution < 1.29 is 94.6 Å². The predicted octanol–water partition coefficient (Wildman–Crippen LogP) is -6.53. The van der Waals surface area contributed by atoms with E-state index in [0.29, 0.717) is 25.0 Å². The normalized spacial score (nSPS) is 11.2. The van der Waals surface area contributed by atoms with E-state index >= 15 is 0 Å². The molecule has 1 rings (SSSR count). The van der Waals surface area contributed by atoms with Crippen LogP contribution in [0, 0.1) is 0 Å². The van der Waals surface area contributed by atoms with E-state index in [1.807, 2.05) is 6.92 Å². The zero-order valence-corrected chi connectivity index (χ0v) is 18.6. The molecular formula is C11H12Na2O8S2. The van der Waals surface area contributed by atoms with Gasteiger partial charge in [-0.15, -0.1) is 0 Å². The molecular weight excluding hydrogens is 370 g/mol. The molecule has 0 aliphatic rings. The molecule has 0 fully saturated rings. The first-order valence-electron chi connectivity index (χ1n) is 5.80. The molecule has 1 aromatic rings. The minimum atomic E-state index is -5.18. The Morgan fingerprint density at radius 3 is 2.17 bits per heavy atom. The summed E-state index contributed by atoms with van der Waals surface area (Å²) in [6.07, 6.45) is 1.14. The first kappa shape index (κ1) is 25.7. The molecule has 1 aromatic carbocycles. The number of aromatic carboxylic acids is 1. The van der Waals surface area contributed by atoms with Crippen molar-refractivity contribution >= 4 is 26.2 Å². The molecule has 8 nitrogen and oxygen atoms in total. The van der Waals surface area contributed by atoms with Gasteiger partial charge >= 0.3 is 59.1 Å². The zero-order valence-electron chi connectivity index (χ0n) is 12.9. The van der Waals surface area contributed by atoms with Gasteiger partial charge in [-0.2, -0.15) is 8.42 Å². The van der Waals surface area contributed by atoms with Gasteiger partial charge < -0.3 is 14.5 Å². The molecule has 0 spiro atoms. The third kappa shape index (κ3) is 7.51. The Hall–Kier alpha value is 0.510. The second kappa shape index (κ2) is 10.5. The van der Waals surface area contributed by atoms with Crippen molar-refractivity contribution in [1.82, 2.24) is 0 Å². The summed E-state index contributed by atoms with van der Waals surface area (Å²) in [7, 11) is -9.45. The quantitative estimate of drug-likeness (QED) is 0.196. The van der Waals surface area contributed by atoms with Gasteiger partial charge in [-0.1, -0.05) is 19.4 Å². The Kier molecular flexibility index (Phi) is 11.7. The Bertz CT molecular complexity index is 743. The number of carboxylic acid groups (broad SMARTS) is 1. The number of hydrogen-bond donors (Lipinski definition) is 0. The average molecular weight is 382 g/mol. The SMILES string of the molecule is CCCCOS(=O)(=O)c1ccc(C(=O)[O-])c(S(=O)(=O)[O-])c1.[Na+].[Na+]. The van der Waals surface area contributed by atoms with Crippen LogP contribution in [0.3, 0.4) is 0 Å². The second-order valence-electron chi connectivity index (χ2n) is 4.03. The van der Waals surface area contributed by atoms with Crippen LogP contribution in [-0.4, -0.2) is 34.0 Å². The van der Waals surface area contributed by atoms with Crippen LogP contribution in [0.4, 0.5) is 0 Å². The maximum Gasteiger partial charge on any atom is 1.00 e. The van der Waals surface area contributed by atoms with E-state index in [2.05, 4.69) is 4.18 Å². The van der Waals surface area contributed by atoms with E-state index in [1.165, 1.54) is 0 Å². The summed E-state index contributed by atoms with van der Waals surface area (Å²) in [5.74, 6) is -1.90. The van der Waals surface area contributed by atoms with Gasteiger partial charge in [0.15, 0.2) is 0 Å². The largest absolute Gasteiger partial charge is 1.00 e. The number of carboxylic acids is 1. The molecule has 0 amide bonds. The van der Waals surface area contributed by atoms with Gasteiger partial charge in [0.1, 0.15) is 10.1 Å². The van der Waals surface area contributed by atoms with Crippen molar-refractivity contribution in [1.29, 1.82) is 0 Å². The summed E-state index contributed by atoms with van der Waals surface area (Å²) < 4.78 is 61.3. The van der Waals surface area contributed by atoms with E-state index in [0.717, 1.165) is 6.07 Å². The van der Waals surface area contributed by atoms with Crippen LogP contribution in [0.2, 0.25) is 0 Å². The number of rotatable bonds is 7. The van der Waals surface area contributed by atoms with E-state index in [-0.39, 0.29) is 65.7 Å². The predicted molar refractivity (Wildman–Crippen MR) is 66.8 cm³/mol. The molecule has 0 N–H and O–H groups in total. The fourth-order valence-corrected chi connectivity index (χ4v) is 3.15. The van der Waals surface area contributed by atoms with E-state index < -0.39 is 41.6 Å². The maximum absolute atomic E-state index is 11.8. The standard InChI is InChI=1S/C11H14O8S2.2Na/c1-2-3-6-19-21(17,18)8-4-5-9(11(12)13)10(7-8)20(14,15)16;;/h4-5,7H,2-3,6H2,1H3,(H,12,13)(H,14,15,16);;/q;2*+1/p-2. The van der Waals surface area contributed by atoms with Crippen LogP contribution in [0.5, 0.6) is 0 Å². The number of hydrogen-bond acceptors (Lipinski definition) is 8. The molecule has 0 aliphatic heterocycles.